The second-order valence-electron chi connectivity index (χ2n) is 3.77. The summed E-state index contributed by atoms with van der Waals surface area (Å²) in [6.45, 7) is 1.68. The summed E-state index contributed by atoms with van der Waals surface area (Å²) in [6.07, 6.45) is 1.07. The Morgan fingerprint density at radius 3 is 2.63 bits per heavy atom. The SMILES string of the molecule is COc1c(C(N)=O)nnc(C)c1-c1ccc(F)cn1. The van der Waals surface area contributed by atoms with E-state index in [1.807, 2.05) is 0 Å². The number of aryl methyl sites for hydroxylation is 1. The first kappa shape index (κ1) is 12.9. The van der Waals surface area contributed by atoms with Crippen molar-refractivity contribution in [3.63, 3.8) is 0 Å². The van der Waals surface area contributed by atoms with Crippen LogP contribution in [0.25, 0.3) is 11.3 Å². The van der Waals surface area contributed by atoms with Gasteiger partial charge in [-0.15, -0.1) is 5.10 Å². The van der Waals surface area contributed by atoms with Crippen LogP contribution in [-0.2, 0) is 0 Å². The Bertz CT molecular complexity index is 628. The van der Waals surface area contributed by atoms with Gasteiger partial charge >= 0.3 is 0 Å². The minimum atomic E-state index is -0.757. The van der Waals surface area contributed by atoms with Crippen molar-refractivity contribution in [1.82, 2.24) is 15.2 Å². The quantitative estimate of drug-likeness (QED) is 0.894. The third kappa shape index (κ3) is 2.35. The highest BCUT2D eigenvalue weighted by atomic mass is 19.1. The lowest BCUT2D eigenvalue weighted by molar-refractivity contribution is 0.0991. The topological polar surface area (TPSA) is 91.0 Å². The predicted molar refractivity (Wildman–Crippen MR) is 65.0 cm³/mol. The molecule has 0 bridgehead atoms. The molecule has 2 aromatic heterocycles. The van der Waals surface area contributed by atoms with Crippen LogP contribution < -0.4 is 10.5 Å². The molecular formula is C12H11FN4O2. The number of ether oxygens (including phenoxy) is 1. The van der Waals surface area contributed by atoms with E-state index in [-0.39, 0.29) is 11.4 Å². The molecule has 2 heterocycles. The Morgan fingerprint density at radius 1 is 1.37 bits per heavy atom. The molecule has 0 atom stereocenters. The molecule has 0 saturated heterocycles. The fraction of sp³-hybridized carbons (Fsp3) is 0.167. The number of hydrogen-bond acceptors (Lipinski definition) is 5. The van der Waals surface area contributed by atoms with Gasteiger partial charge in [-0.1, -0.05) is 0 Å². The van der Waals surface area contributed by atoms with Gasteiger partial charge in [-0.25, -0.2) is 4.39 Å². The van der Waals surface area contributed by atoms with E-state index in [4.69, 9.17) is 10.5 Å². The van der Waals surface area contributed by atoms with Gasteiger partial charge in [0.2, 0.25) is 0 Å². The summed E-state index contributed by atoms with van der Waals surface area (Å²) in [5.41, 5.74) is 6.51. The van der Waals surface area contributed by atoms with Gasteiger partial charge in [0.1, 0.15) is 5.82 Å². The lowest BCUT2D eigenvalue weighted by atomic mass is 10.1. The minimum Gasteiger partial charge on any atom is -0.493 e. The van der Waals surface area contributed by atoms with E-state index in [0.717, 1.165) is 6.20 Å². The number of nitrogens with zero attached hydrogens (tertiary/aromatic N) is 3. The highest BCUT2D eigenvalue weighted by Crippen LogP contribution is 2.32. The first-order valence-electron chi connectivity index (χ1n) is 5.37. The Labute approximate surface area is 108 Å². The van der Waals surface area contributed by atoms with Crippen molar-refractivity contribution in [2.75, 3.05) is 7.11 Å². The molecule has 7 heteroatoms. The number of halogens is 1. The lowest BCUT2D eigenvalue weighted by Gasteiger charge is -2.12. The molecule has 0 saturated carbocycles. The van der Waals surface area contributed by atoms with Crippen LogP contribution in [0.1, 0.15) is 16.2 Å². The number of amides is 1. The molecule has 0 unspecified atom stereocenters. The number of rotatable bonds is 3. The number of carbonyl (C=O) groups is 1. The highest BCUT2D eigenvalue weighted by Gasteiger charge is 2.20. The van der Waals surface area contributed by atoms with E-state index < -0.39 is 11.7 Å². The zero-order chi connectivity index (χ0) is 14.0. The Kier molecular flexibility index (Phi) is 3.37. The van der Waals surface area contributed by atoms with Crippen LogP contribution in [0.15, 0.2) is 18.3 Å². The molecule has 6 nitrogen and oxygen atoms in total. The van der Waals surface area contributed by atoms with E-state index >= 15 is 0 Å². The van der Waals surface area contributed by atoms with Gasteiger partial charge in [-0.3, -0.25) is 9.78 Å². The summed E-state index contributed by atoms with van der Waals surface area (Å²) in [5.74, 6) is -1.04. The van der Waals surface area contributed by atoms with Gasteiger partial charge in [0.25, 0.3) is 5.91 Å². The summed E-state index contributed by atoms with van der Waals surface area (Å²) in [4.78, 5) is 15.2. The number of hydrogen-bond donors (Lipinski definition) is 1. The van der Waals surface area contributed by atoms with E-state index in [9.17, 15) is 9.18 Å². The number of carbonyl (C=O) groups excluding carboxylic acids is 1. The summed E-state index contributed by atoms with van der Waals surface area (Å²) >= 11 is 0. The molecule has 2 N–H and O–H groups in total. The molecular weight excluding hydrogens is 251 g/mol. The molecule has 0 aliphatic carbocycles. The van der Waals surface area contributed by atoms with E-state index in [1.165, 1.54) is 19.2 Å². The monoisotopic (exact) mass is 262 g/mol. The van der Waals surface area contributed by atoms with Gasteiger partial charge in [-0.2, -0.15) is 5.10 Å². The maximum Gasteiger partial charge on any atom is 0.273 e. The second kappa shape index (κ2) is 4.97. The fourth-order valence-corrected chi connectivity index (χ4v) is 1.69. The van der Waals surface area contributed by atoms with Crippen LogP contribution in [0.3, 0.4) is 0 Å². The first-order valence-corrected chi connectivity index (χ1v) is 5.37. The second-order valence-corrected chi connectivity index (χ2v) is 3.77. The molecule has 0 aliphatic heterocycles. The molecule has 2 aromatic rings. The average molecular weight is 262 g/mol. The first-order chi connectivity index (χ1) is 9.04. The normalized spacial score (nSPS) is 10.3. The summed E-state index contributed by atoms with van der Waals surface area (Å²) in [7, 11) is 1.38. The molecule has 0 spiro atoms. The lowest BCUT2D eigenvalue weighted by Crippen LogP contribution is -2.17. The largest absolute Gasteiger partial charge is 0.493 e. The number of pyridine rings is 1. The van der Waals surface area contributed by atoms with Crippen molar-refractivity contribution in [3.8, 4) is 17.0 Å². The summed E-state index contributed by atoms with van der Waals surface area (Å²) < 4.78 is 18.1. The van der Waals surface area contributed by atoms with Crippen molar-refractivity contribution in [2.24, 2.45) is 5.73 Å². The third-order valence-corrected chi connectivity index (χ3v) is 2.52. The zero-order valence-electron chi connectivity index (χ0n) is 10.3. The molecule has 0 fully saturated rings. The fourth-order valence-electron chi connectivity index (χ4n) is 1.69. The summed E-state index contributed by atoms with van der Waals surface area (Å²) in [5, 5.41) is 7.54. The van der Waals surface area contributed by atoms with Crippen LogP contribution in [0.2, 0.25) is 0 Å². The minimum absolute atomic E-state index is 0.0887. The Hall–Kier alpha value is -2.57. The average Bonchev–Trinajstić information content (AvgIpc) is 2.39. The third-order valence-electron chi connectivity index (χ3n) is 2.52. The van der Waals surface area contributed by atoms with Crippen molar-refractivity contribution < 1.29 is 13.9 Å². The van der Waals surface area contributed by atoms with Crippen LogP contribution in [-0.4, -0.2) is 28.2 Å². The van der Waals surface area contributed by atoms with Gasteiger partial charge < -0.3 is 10.5 Å². The molecule has 0 radical (unpaired) electrons. The van der Waals surface area contributed by atoms with E-state index in [0.29, 0.717) is 17.0 Å². The van der Waals surface area contributed by atoms with E-state index in [2.05, 4.69) is 15.2 Å². The van der Waals surface area contributed by atoms with Gasteiger partial charge in [0.15, 0.2) is 11.4 Å². The van der Waals surface area contributed by atoms with Gasteiger partial charge in [0, 0.05) is 0 Å². The smallest absolute Gasteiger partial charge is 0.273 e. The number of methoxy groups -OCH3 is 1. The molecule has 2 rings (SSSR count). The maximum atomic E-state index is 12.9. The van der Waals surface area contributed by atoms with Gasteiger partial charge in [-0.05, 0) is 19.1 Å². The van der Waals surface area contributed by atoms with Crippen LogP contribution in [0, 0.1) is 12.7 Å². The maximum absolute atomic E-state index is 12.9. The molecule has 19 heavy (non-hydrogen) atoms. The standard InChI is InChI=1S/C12H11FN4O2/c1-6-9(8-4-3-7(13)5-15-8)11(19-2)10(12(14)18)17-16-6/h3-5H,1-2H3,(H2,14,18). The molecule has 0 aliphatic rings. The Balaban J connectivity index is 2.70. The van der Waals surface area contributed by atoms with Crippen LogP contribution in [0.4, 0.5) is 4.39 Å². The molecule has 0 aromatic carbocycles. The highest BCUT2D eigenvalue weighted by molar-refractivity contribution is 5.96. The van der Waals surface area contributed by atoms with Crippen LogP contribution >= 0.6 is 0 Å². The number of nitrogens with two attached hydrogens (primary N) is 1. The zero-order valence-corrected chi connectivity index (χ0v) is 10.3. The number of aromatic nitrogens is 3. The van der Waals surface area contributed by atoms with Crippen molar-refractivity contribution >= 4 is 5.91 Å². The van der Waals surface area contributed by atoms with Crippen molar-refractivity contribution in [3.05, 3.63) is 35.5 Å². The van der Waals surface area contributed by atoms with Crippen molar-refractivity contribution in [1.29, 1.82) is 0 Å². The number of primary amides is 1. The molecule has 1 amide bonds. The van der Waals surface area contributed by atoms with E-state index in [1.54, 1.807) is 6.92 Å². The molecule has 98 valence electrons. The van der Waals surface area contributed by atoms with Crippen molar-refractivity contribution in [2.45, 2.75) is 6.92 Å². The van der Waals surface area contributed by atoms with Crippen LogP contribution in [0.5, 0.6) is 5.75 Å². The Morgan fingerprint density at radius 2 is 2.11 bits per heavy atom. The van der Waals surface area contributed by atoms with Gasteiger partial charge in [0.05, 0.1) is 30.3 Å². The summed E-state index contributed by atoms with van der Waals surface area (Å²) in [6, 6.07) is 2.72. The predicted octanol–water partition coefficient (Wildman–Crippen LogP) is 1.09.